The molecule has 0 N–H and O–H groups in total. The molecule has 0 amide bonds. The number of non-ortho nitro benzene ring substituents is 1. The van der Waals surface area contributed by atoms with Gasteiger partial charge in [0, 0.05) is 17.5 Å². The van der Waals surface area contributed by atoms with Gasteiger partial charge in [0.25, 0.3) is 5.69 Å². The van der Waals surface area contributed by atoms with Crippen molar-refractivity contribution in [3.63, 3.8) is 0 Å². The summed E-state index contributed by atoms with van der Waals surface area (Å²) in [6.07, 6.45) is 1.54. The number of nitro groups is 1. The molecule has 136 valence electrons. The Labute approximate surface area is 156 Å². The molecule has 7 heteroatoms. The van der Waals surface area contributed by atoms with Gasteiger partial charge in [-0.3, -0.25) is 10.1 Å². The summed E-state index contributed by atoms with van der Waals surface area (Å²) in [4.78, 5) is 10.3. The van der Waals surface area contributed by atoms with Crippen molar-refractivity contribution in [3.8, 4) is 11.5 Å². The van der Waals surface area contributed by atoms with E-state index >= 15 is 0 Å². The van der Waals surface area contributed by atoms with Crippen LogP contribution in [0.3, 0.4) is 0 Å². The van der Waals surface area contributed by atoms with Gasteiger partial charge in [0.2, 0.25) is 0 Å². The summed E-state index contributed by atoms with van der Waals surface area (Å²) < 4.78 is 30.3. The van der Waals surface area contributed by atoms with E-state index in [1.807, 2.05) is 30.3 Å². The molecule has 0 saturated carbocycles. The van der Waals surface area contributed by atoms with E-state index in [2.05, 4.69) is 0 Å². The fraction of sp³-hybridized carbons (Fsp3) is 0. The Morgan fingerprint density at radius 3 is 1.93 bits per heavy atom. The number of sulfone groups is 1. The molecule has 6 nitrogen and oxygen atoms in total. The minimum atomic E-state index is -3.57. The minimum Gasteiger partial charge on any atom is -0.457 e. The molecular formula is C20H15NO5S. The maximum atomic E-state index is 12.4. The molecule has 0 aliphatic rings. The predicted molar refractivity (Wildman–Crippen MR) is 102 cm³/mol. The second-order valence-corrected chi connectivity index (χ2v) is 7.42. The smallest absolute Gasteiger partial charge is 0.269 e. The summed E-state index contributed by atoms with van der Waals surface area (Å²) >= 11 is 0. The van der Waals surface area contributed by atoms with E-state index in [0.717, 1.165) is 11.0 Å². The van der Waals surface area contributed by atoms with Gasteiger partial charge in [-0.15, -0.1) is 0 Å². The number of hydrogen-bond donors (Lipinski definition) is 0. The zero-order valence-corrected chi connectivity index (χ0v) is 14.9. The van der Waals surface area contributed by atoms with Crippen LogP contribution < -0.4 is 4.74 Å². The van der Waals surface area contributed by atoms with Gasteiger partial charge in [-0.2, -0.15) is 0 Å². The molecule has 3 aromatic carbocycles. The quantitative estimate of drug-likeness (QED) is 0.451. The Morgan fingerprint density at radius 1 is 0.815 bits per heavy atom. The lowest BCUT2D eigenvalue weighted by Gasteiger charge is -2.06. The molecule has 0 aliphatic carbocycles. The summed E-state index contributed by atoms with van der Waals surface area (Å²) in [5, 5.41) is 11.8. The highest BCUT2D eigenvalue weighted by atomic mass is 32.2. The van der Waals surface area contributed by atoms with E-state index in [-0.39, 0.29) is 10.6 Å². The second kappa shape index (κ2) is 7.84. The number of ether oxygens (including phenoxy) is 1. The molecule has 0 radical (unpaired) electrons. The Kier molecular flexibility index (Phi) is 5.33. The SMILES string of the molecule is O=[N+]([O-])c1ccc(Oc2ccc(S(=O)(=O)C=Cc3ccccc3)cc2)cc1. The number of nitrogens with zero attached hydrogens (tertiary/aromatic N) is 1. The lowest BCUT2D eigenvalue weighted by molar-refractivity contribution is -0.384. The molecule has 3 aromatic rings. The van der Waals surface area contributed by atoms with Crippen molar-refractivity contribution in [2.75, 3.05) is 0 Å². The van der Waals surface area contributed by atoms with Crippen molar-refractivity contribution in [3.05, 3.63) is 99.9 Å². The number of hydrogen-bond acceptors (Lipinski definition) is 5. The van der Waals surface area contributed by atoms with E-state index in [1.165, 1.54) is 54.6 Å². The van der Waals surface area contributed by atoms with E-state index in [9.17, 15) is 18.5 Å². The molecule has 0 aliphatic heterocycles. The second-order valence-electron chi connectivity index (χ2n) is 5.58. The maximum absolute atomic E-state index is 12.4. The van der Waals surface area contributed by atoms with Gasteiger partial charge in [-0.1, -0.05) is 30.3 Å². The molecule has 0 unspecified atom stereocenters. The average Bonchev–Trinajstić information content (AvgIpc) is 2.68. The minimum absolute atomic E-state index is 0.0333. The van der Waals surface area contributed by atoms with Crippen LogP contribution in [-0.4, -0.2) is 13.3 Å². The first kappa shape index (κ1) is 18.3. The molecule has 0 saturated heterocycles. The van der Waals surface area contributed by atoms with E-state index in [1.54, 1.807) is 0 Å². The predicted octanol–water partition coefficient (Wildman–Crippen LogP) is 4.83. The van der Waals surface area contributed by atoms with Gasteiger partial charge in [0.15, 0.2) is 9.84 Å². The van der Waals surface area contributed by atoms with Crippen molar-refractivity contribution in [1.82, 2.24) is 0 Å². The molecule has 0 aromatic heterocycles. The molecule has 0 fully saturated rings. The number of nitro benzene ring substituents is 1. The summed E-state index contributed by atoms with van der Waals surface area (Å²) in [6.45, 7) is 0. The van der Waals surface area contributed by atoms with Crippen LogP contribution in [0, 0.1) is 10.1 Å². The third-order valence-corrected chi connectivity index (χ3v) is 5.10. The monoisotopic (exact) mass is 381 g/mol. The third kappa shape index (κ3) is 4.80. The molecule has 3 rings (SSSR count). The van der Waals surface area contributed by atoms with Crippen LogP contribution in [0.25, 0.3) is 6.08 Å². The fourth-order valence-corrected chi connectivity index (χ4v) is 3.29. The fourth-order valence-electron chi connectivity index (χ4n) is 2.28. The maximum Gasteiger partial charge on any atom is 0.269 e. The third-order valence-electron chi connectivity index (χ3n) is 3.67. The van der Waals surface area contributed by atoms with Crippen molar-refractivity contribution < 1.29 is 18.1 Å². The van der Waals surface area contributed by atoms with Gasteiger partial charge < -0.3 is 4.74 Å². The van der Waals surface area contributed by atoms with Crippen molar-refractivity contribution in [2.45, 2.75) is 4.90 Å². The van der Waals surface area contributed by atoms with Crippen LogP contribution in [0.1, 0.15) is 5.56 Å². The summed E-state index contributed by atoms with van der Waals surface area (Å²) in [5.41, 5.74) is 0.758. The highest BCUT2D eigenvalue weighted by molar-refractivity contribution is 7.94. The molecule has 0 bridgehead atoms. The van der Waals surface area contributed by atoms with Gasteiger partial charge in [0.1, 0.15) is 11.5 Å². The normalized spacial score (nSPS) is 11.4. The van der Waals surface area contributed by atoms with Crippen LogP contribution in [-0.2, 0) is 9.84 Å². The topological polar surface area (TPSA) is 86.5 Å². The molecule has 27 heavy (non-hydrogen) atoms. The largest absolute Gasteiger partial charge is 0.457 e. The zero-order valence-electron chi connectivity index (χ0n) is 14.1. The highest BCUT2D eigenvalue weighted by Gasteiger charge is 2.11. The molecule has 0 heterocycles. The zero-order chi connectivity index (χ0) is 19.3. The van der Waals surface area contributed by atoms with E-state index in [0.29, 0.717) is 11.5 Å². The number of rotatable bonds is 6. The van der Waals surface area contributed by atoms with Gasteiger partial charge in [0.05, 0.1) is 9.82 Å². The molecular weight excluding hydrogens is 366 g/mol. The van der Waals surface area contributed by atoms with Crippen molar-refractivity contribution in [1.29, 1.82) is 0 Å². The van der Waals surface area contributed by atoms with Gasteiger partial charge in [-0.25, -0.2) is 8.42 Å². The summed E-state index contributed by atoms with van der Waals surface area (Å²) in [7, 11) is -3.57. The molecule has 0 atom stereocenters. The summed E-state index contributed by atoms with van der Waals surface area (Å²) in [5.74, 6) is 0.843. The van der Waals surface area contributed by atoms with E-state index in [4.69, 9.17) is 4.74 Å². The van der Waals surface area contributed by atoms with Crippen LogP contribution in [0.5, 0.6) is 11.5 Å². The first-order chi connectivity index (χ1) is 12.9. The first-order valence-electron chi connectivity index (χ1n) is 7.95. The lowest BCUT2D eigenvalue weighted by atomic mass is 10.2. The summed E-state index contributed by atoms with van der Waals surface area (Å²) in [6, 6.07) is 20.7. The van der Waals surface area contributed by atoms with Crippen molar-refractivity contribution >= 4 is 21.6 Å². The molecule has 0 spiro atoms. The first-order valence-corrected chi connectivity index (χ1v) is 9.49. The Bertz CT molecular complexity index is 1060. The van der Waals surface area contributed by atoms with Gasteiger partial charge in [-0.05, 0) is 48.0 Å². The van der Waals surface area contributed by atoms with Crippen LogP contribution >= 0.6 is 0 Å². The van der Waals surface area contributed by atoms with Crippen molar-refractivity contribution in [2.24, 2.45) is 0 Å². The Balaban J connectivity index is 1.72. The van der Waals surface area contributed by atoms with E-state index < -0.39 is 14.8 Å². The average molecular weight is 381 g/mol. The van der Waals surface area contributed by atoms with Crippen LogP contribution in [0.15, 0.2) is 89.2 Å². The lowest BCUT2D eigenvalue weighted by Crippen LogP contribution is -1.96. The van der Waals surface area contributed by atoms with Gasteiger partial charge >= 0.3 is 0 Å². The van der Waals surface area contributed by atoms with Crippen LogP contribution in [0.2, 0.25) is 0 Å². The number of benzene rings is 3. The Morgan fingerprint density at radius 2 is 1.37 bits per heavy atom. The Hall–Kier alpha value is -3.45. The standard InChI is InChI=1S/C20H15NO5S/c22-21(23)17-6-8-18(9-7-17)26-19-10-12-20(13-11-19)27(24,25)15-14-16-4-2-1-3-5-16/h1-15H. The van der Waals surface area contributed by atoms with Crippen LogP contribution in [0.4, 0.5) is 5.69 Å². The highest BCUT2D eigenvalue weighted by Crippen LogP contribution is 2.25.